The van der Waals surface area contributed by atoms with Crippen LogP contribution in [0, 0.1) is 25.2 Å². The molecule has 5 aromatic rings. The van der Waals surface area contributed by atoms with Crippen LogP contribution in [0.2, 0.25) is 0 Å². The van der Waals surface area contributed by atoms with Gasteiger partial charge in [0.1, 0.15) is 22.0 Å². The van der Waals surface area contributed by atoms with Crippen LogP contribution in [0.15, 0.2) is 65.7 Å². The fraction of sp³-hybridized carbons (Fsp3) is 0.417. The van der Waals surface area contributed by atoms with Gasteiger partial charge in [-0.2, -0.15) is 4.31 Å². The van der Waals surface area contributed by atoms with Crippen LogP contribution in [0.4, 0.5) is 0 Å². The quantitative estimate of drug-likeness (QED) is 0.151. The average Bonchev–Trinajstić information content (AvgIpc) is 3.64. The molecule has 0 unspecified atom stereocenters. The highest BCUT2D eigenvalue weighted by atomic mass is 32.2. The number of aromatic nitrogens is 5. The molecule has 0 spiro atoms. The zero-order valence-corrected chi connectivity index (χ0v) is 29.9. The standard InChI is InChI=1S/C36H42N6O4S2/c1-7-25-19-28-31(15-12-18-37-28)48(44,45)41(20-25)21-29-24(4)47-34(38-29)32(27-16-17-30-33(23(27)3)39-40-42(30)8-2)36(5,6)35(43)46-22-26-13-10-9-11-14-26/h9-18,25,32H,7-8,19-22H2,1-6H3/t25-,32+/m0/s1. The summed E-state index contributed by atoms with van der Waals surface area (Å²) in [6.07, 6.45) is 3.09. The molecule has 0 bridgehead atoms. The molecule has 12 heteroatoms. The summed E-state index contributed by atoms with van der Waals surface area (Å²) in [6.45, 7) is 13.2. The normalized spacial score (nSPS) is 17.2. The predicted octanol–water partition coefficient (Wildman–Crippen LogP) is 6.59. The van der Waals surface area contributed by atoms with Crippen LogP contribution in [0.25, 0.3) is 11.0 Å². The molecule has 1 aliphatic heterocycles. The smallest absolute Gasteiger partial charge is 0.312 e. The SMILES string of the molecule is CC[C@H]1Cc2ncccc2S(=O)(=O)N(Cc2nc([C@@H](c3ccc4c(nnn4CC)c3C)C(C)(C)C(=O)OCc3ccccc3)sc2C)C1. The van der Waals surface area contributed by atoms with E-state index >= 15 is 0 Å². The first kappa shape index (κ1) is 33.9. The minimum Gasteiger partial charge on any atom is -0.460 e. The first-order valence-corrected chi connectivity index (χ1v) is 18.6. The van der Waals surface area contributed by atoms with E-state index in [1.165, 1.54) is 11.3 Å². The van der Waals surface area contributed by atoms with E-state index in [-0.39, 0.29) is 29.9 Å². The van der Waals surface area contributed by atoms with Crippen LogP contribution in [0.3, 0.4) is 0 Å². The van der Waals surface area contributed by atoms with Crippen molar-refractivity contribution >= 4 is 38.4 Å². The van der Waals surface area contributed by atoms with E-state index in [1.807, 2.05) is 81.8 Å². The molecule has 6 rings (SSSR count). The lowest BCUT2D eigenvalue weighted by Crippen LogP contribution is -2.35. The van der Waals surface area contributed by atoms with Crippen LogP contribution >= 0.6 is 11.3 Å². The number of pyridine rings is 1. The molecule has 2 aromatic carbocycles. The number of carbonyl (C=O) groups excluding carboxylic acids is 1. The Kier molecular flexibility index (Phi) is 9.52. The van der Waals surface area contributed by atoms with Gasteiger partial charge < -0.3 is 4.74 Å². The van der Waals surface area contributed by atoms with E-state index in [0.29, 0.717) is 30.9 Å². The number of carbonyl (C=O) groups is 1. The van der Waals surface area contributed by atoms with Gasteiger partial charge in [-0.25, -0.2) is 18.1 Å². The van der Waals surface area contributed by atoms with E-state index in [9.17, 15) is 13.2 Å². The van der Waals surface area contributed by atoms with Gasteiger partial charge in [-0.3, -0.25) is 9.78 Å². The van der Waals surface area contributed by atoms with Crippen molar-refractivity contribution in [3.8, 4) is 0 Å². The molecule has 0 N–H and O–H groups in total. The number of fused-ring (bicyclic) bond motifs is 2. The molecule has 2 atom stereocenters. The molecule has 4 heterocycles. The van der Waals surface area contributed by atoms with Crippen molar-refractivity contribution in [1.82, 2.24) is 29.3 Å². The summed E-state index contributed by atoms with van der Waals surface area (Å²) in [4.78, 5) is 24.7. The molecule has 0 fully saturated rings. The molecular weight excluding hydrogens is 645 g/mol. The molecule has 3 aromatic heterocycles. The predicted molar refractivity (Wildman–Crippen MR) is 186 cm³/mol. The van der Waals surface area contributed by atoms with Crippen molar-refractivity contribution in [1.29, 1.82) is 0 Å². The molecular formula is C36H42N6O4S2. The molecule has 252 valence electrons. The van der Waals surface area contributed by atoms with Crippen molar-refractivity contribution < 1.29 is 17.9 Å². The number of ether oxygens (including phenoxy) is 1. The molecule has 0 amide bonds. The maximum absolute atomic E-state index is 14.0. The monoisotopic (exact) mass is 686 g/mol. The van der Waals surface area contributed by atoms with Crippen LogP contribution in [-0.2, 0) is 45.7 Å². The molecule has 1 aliphatic rings. The largest absolute Gasteiger partial charge is 0.460 e. The molecule has 0 saturated carbocycles. The summed E-state index contributed by atoms with van der Waals surface area (Å²) in [7, 11) is -3.80. The highest BCUT2D eigenvalue weighted by Gasteiger charge is 2.44. The van der Waals surface area contributed by atoms with Crippen molar-refractivity contribution in [2.45, 2.75) is 84.9 Å². The lowest BCUT2D eigenvalue weighted by Gasteiger charge is -2.32. The van der Waals surface area contributed by atoms with Crippen molar-refractivity contribution in [3.63, 3.8) is 0 Å². The number of thiazole rings is 1. The third-order valence-corrected chi connectivity index (χ3v) is 12.5. The van der Waals surface area contributed by atoms with Gasteiger partial charge in [0.2, 0.25) is 10.0 Å². The number of aryl methyl sites for hydroxylation is 3. The minimum absolute atomic E-state index is 0.129. The van der Waals surface area contributed by atoms with Crippen LogP contribution < -0.4 is 0 Å². The molecule has 0 radical (unpaired) electrons. The zero-order valence-electron chi connectivity index (χ0n) is 28.3. The third-order valence-electron chi connectivity index (χ3n) is 9.52. The number of sulfonamides is 1. The van der Waals surface area contributed by atoms with E-state index in [2.05, 4.69) is 22.2 Å². The fourth-order valence-corrected chi connectivity index (χ4v) is 9.47. The Balaban J connectivity index is 1.41. The Morgan fingerprint density at radius 1 is 1.08 bits per heavy atom. The summed E-state index contributed by atoms with van der Waals surface area (Å²) in [6, 6.07) is 17.0. The van der Waals surface area contributed by atoms with E-state index in [4.69, 9.17) is 9.72 Å². The number of esters is 1. The number of rotatable bonds is 10. The Morgan fingerprint density at radius 3 is 2.58 bits per heavy atom. The maximum atomic E-state index is 14.0. The third kappa shape index (κ3) is 6.28. The van der Waals surface area contributed by atoms with Crippen molar-refractivity contribution in [2.24, 2.45) is 11.3 Å². The van der Waals surface area contributed by atoms with Gasteiger partial charge in [0.25, 0.3) is 0 Å². The summed E-state index contributed by atoms with van der Waals surface area (Å²) >= 11 is 1.49. The van der Waals surface area contributed by atoms with Gasteiger partial charge in [0.05, 0.1) is 34.8 Å². The second kappa shape index (κ2) is 13.5. The van der Waals surface area contributed by atoms with E-state index < -0.39 is 21.4 Å². The lowest BCUT2D eigenvalue weighted by atomic mass is 9.73. The molecule has 10 nitrogen and oxygen atoms in total. The van der Waals surface area contributed by atoms with Crippen LogP contribution in [-0.4, -0.2) is 50.2 Å². The Labute approximate surface area is 286 Å². The fourth-order valence-electron chi connectivity index (χ4n) is 6.57. The summed E-state index contributed by atoms with van der Waals surface area (Å²) < 4.78 is 37.3. The maximum Gasteiger partial charge on any atom is 0.312 e. The topological polar surface area (TPSA) is 120 Å². The lowest BCUT2D eigenvalue weighted by molar-refractivity contribution is -0.156. The number of hydrogen-bond donors (Lipinski definition) is 0. The summed E-state index contributed by atoms with van der Waals surface area (Å²) in [5, 5.41) is 9.54. The van der Waals surface area contributed by atoms with Crippen LogP contribution in [0.5, 0.6) is 0 Å². The molecule has 0 aliphatic carbocycles. The highest BCUT2D eigenvalue weighted by molar-refractivity contribution is 7.89. The van der Waals surface area contributed by atoms with Crippen LogP contribution in [0.1, 0.15) is 78.0 Å². The Hall–Kier alpha value is -4.00. The number of nitrogens with zero attached hydrogens (tertiary/aromatic N) is 6. The first-order valence-electron chi connectivity index (χ1n) is 16.4. The Morgan fingerprint density at radius 2 is 1.85 bits per heavy atom. The number of hydrogen-bond acceptors (Lipinski definition) is 9. The van der Waals surface area contributed by atoms with Gasteiger partial charge in [0.15, 0.2) is 0 Å². The summed E-state index contributed by atoms with van der Waals surface area (Å²) in [5.74, 6) is -0.720. The first-order chi connectivity index (χ1) is 22.9. The highest BCUT2D eigenvalue weighted by Crippen LogP contribution is 2.46. The van der Waals surface area contributed by atoms with Gasteiger partial charge in [0, 0.05) is 24.2 Å². The van der Waals surface area contributed by atoms with E-state index in [0.717, 1.165) is 44.0 Å². The van der Waals surface area contributed by atoms with Gasteiger partial charge in [-0.05, 0) is 81.8 Å². The van der Waals surface area contributed by atoms with Crippen molar-refractivity contribution in [2.75, 3.05) is 6.54 Å². The van der Waals surface area contributed by atoms with E-state index in [1.54, 1.807) is 22.6 Å². The molecule has 48 heavy (non-hydrogen) atoms. The zero-order chi connectivity index (χ0) is 34.2. The summed E-state index contributed by atoms with van der Waals surface area (Å²) in [5.41, 5.74) is 4.67. The molecule has 0 saturated heterocycles. The minimum atomic E-state index is -3.80. The van der Waals surface area contributed by atoms with Gasteiger partial charge in [-0.1, -0.05) is 55.0 Å². The van der Waals surface area contributed by atoms with Gasteiger partial charge >= 0.3 is 5.97 Å². The average molecular weight is 687 g/mol. The second-order valence-electron chi connectivity index (χ2n) is 13.0. The Bertz CT molecular complexity index is 2060. The second-order valence-corrected chi connectivity index (χ2v) is 16.2. The van der Waals surface area contributed by atoms with Gasteiger partial charge in [-0.15, -0.1) is 16.4 Å². The van der Waals surface area contributed by atoms with Crippen molar-refractivity contribution in [3.05, 3.63) is 98.8 Å². The number of benzene rings is 2.